The van der Waals surface area contributed by atoms with Crippen LogP contribution >= 0.6 is 11.8 Å². The quantitative estimate of drug-likeness (QED) is 0.0160. The fourth-order valence-corrected chi connectivity index (χ4v) is 10.2. The number of carboxylic acid groups (broad SMARTS) is 1. The standard InChI is InChI=1S/C56H69N13O12S/c57-38(33-82-44-30-48(73)68(55(44)81)27-23-45(70)60-26-22-47(72)69-32-37-16-5-4-14-35(37)20-21-36-15-6-7-19-43(36)69)50(76)61-24-10-8-18-40-52(78)65-39(17-9-11-25-62-56(58)59)51(77)63-31-46(71)64-42(29-49(74)75)54(80)67-41(53(79)66-40)28-34-12-2-1-3-13-34/h1-7,12-16,19,38-42,44H,8-11,17-18,22-33,57H2,(H,60,70)(H,61,76)(H,63,77)(H,64,71)(H,65,78)(H,66,79)(H,67,80)(H,74,75)(H4,58,59,62)/t38-,39-,40-,41+,42-,44?/m0/s1. The van der Waals surface area contributed by atoms with Crippen molar-refractivity contribution in [1.29, 1.82) is 0 Å². The summed E-state index contributed by atoms with van der Waals surface area (Å²) in [7, 11) is 0. The fourth-order valence-electron chi connectivity index (χ4n) is 9.08. The highest BCUT2D eigenvalue weighted by Gasteiger charge is 2.39. The van der Waals surface area contributed by atoms with E-state index >= 15 is 0 Å². The zero-order valence-corrected chi connectivity index (χ0v) is 45.9. The molecule has 0 saturated carbocycles. The van der Waals surface area contributed by atoms with E-state index in [9.17, 15) is 57.8 Å². The number of fused-ring (bicyclic) bond motifs is 2. The zero-order valence-electron chi connectivity index (χ0n) is 45.1. The molecule has 2 saturated heterocycles. The number of hydrogen-bond donors (Lipinski definition) is 11. The van der Waals surface area contributed by atoms with Crippen molar-refractivity contribution in [2.45, 2.75) is 113 Å². The third-order valence-electron chi connectivity index (χ3n) is 13.5. The minimum atomic E-state index is -1.65. The average Bonchev–Trinajstić information content (AvgIpc) is 3.74. The molecular formula is C56H69N13O12S. The fraction of sp³-hybridized carbons (Fsp3) is 0.429. The van der Waals surface area contributed by atoms with Crippen LogP contribution in [0.25, 0.3) is 0 Å². The summed E-state index contributed by atoms with van der Waals surface area (Å²) in [6.45, 7) is -0.248. The van der Waals surface area contributed by atoms with Crippen molar-refractivity contribution >= 4 is 88.4 Å². The Kier molecular flexibility index (Phi) is 23.8. The van der Waals surface area contributed by atoms with Crippen molar-refractivity contribution in [2.75, 3.05) is 43.4 Å². The van der Waals surface area contributed by atoms with Gasteiger partial charge in [-0.2, -0.15) is 0 Å². The van der Waals surface area contributed by atoms with Gasteiger partial charge in [-0.3, -0.25) is 62.6 Å². The molecule has 1 unspecified atom stereocenters. The predicted octanol–water partition coefficient (Wildman–Crippen LogP) is -1.47. The van der Waals surface area contributed by atoms with E-state index in [1.54, 1.807) is 35.2 Å². The number of nitrogens with zero attached hydrogens (tertiary/aromatic N) is 3. The summed E-state index contributed by atoms with van der Waals surface area (Å²) in [5, 5.41) is 26.8. The number of carboxylic acids is 1. The number of carbonyl (C=O) groups is 11. The third-order valence-corrected chi connectivity index (χ3v) is 14.8. The van der Waals surface area contributed by atoms with Gasteiger partial charge in [0, 0.05) is 68.7 Å². The number of rotatable bonds is 24. The highest BCUT2D eigenvalue weighted by Crippen LogP contribution is 2.27. The minimum absolute atomic E-state index is 0.0119. The first-order valence-electron chi connectivity index (χ1n) is 26.9. The Bertz CT molecular complexity index is 2950. The van der Waals surface area contributed by atoms with Crippen LogP contribution < -0.4 is 59.3 Å². The summed E-state index contributed by atoms with van der Waals surface area (Å²) in [6.07, 6.45) is -0.0525. The number of carbonyl (C=O) groups excluding carboxylic acids is 10. The number of unbranched alkanes of at least 4 members (excludes halogenated alkanes) is 2. The van der Waals surface area contributed by atoms with Crippen molar-refractivity contribution in [1.82, 2.24) is 42.1 Å². The lowest BCUT2D eigenvalue weighted by Gasteiger charge is -2.26. The number of amides is 10. The molecule has 3 aromatic carbocycles. The first kappa shape index (κ1) is 62.4. The van der Waals surface area contributed by atoms with Crippen molar-refractivity contribution in [3.63, 3.8) is 0 Å². The number of hydrogen-bond acceptors (Lipinski definition) is 14. The van der Waals surface area contributed by atoms with Gasteiger partial charge in [0.25, 0.3) is 0 Å². The summed E-state index contributed by atoms with van der Waals surface area (Å²) in [4.78, 5) is 152. The molecule has 82 heavy (non-hydrogen) atoms. The second-order valence-electron chi connectivity index (χ2n) is 19.7. The number of benzene rings is 3. The number of likely N-dealkylation sites (tertiary alicyclic amines) is 1. The third kappa shape index (κ3) is 19.2. The van der Waals surface area contributed by atoms with Crippen LogP contribution in [0.2, 0.25) is 0 Å². The molecule has 6 atom stereocenters. The van der Waals surface area contributed by atoms with E-state index in [4.69, 9.17) is 17.2 Å². The van der Waals surface area contributed by atoms with Crippen LogP contribution in [0.4, 0.5) is 5.69 Å². The molecule has 0 bridgehead atoms. The maximum absolute atomic E-state index is 14.1. The van der Waals surface area contributed by atoms with Gasteiger partial charge in [0.15, 0.2) is 5.96 Å². The molecule has 3 aliphatic heterocycles. The number of imide groups is 1. The van der Waals surface area contributed by atoms with Crippen LogP contribution in [0.1, 0.15) is 86.5 Å². The van der Waals surface area contributed by atoms with Crippen LogP contribution in [-0.4, -0.2) is 155 Å². The Labute approximate surface area is 477 Å². The molecule has 26 heteroatoms. The Morgan fingerprint density at radius 3 is 2.09 bits per heavy atom. The molecule has 3 heterocycles. The number of thioether (sulfide) groups is 1. The lowest BCUT2D eigenvalue weighted by Crippen LogP contribution is -2.58. The summed E-state index contributed by atoms with van der Waals surface area (Å²) < 4.78 is 0. The van der Waals surface area contributed by atoms with Crippen LogP contribution in [0.15, 0.2) is 83.9 Å². The summed E-state index contributed by atoms with van der Waals surface area (Å²) in [5.41, 5.74) is 20.7. The van der Waals surface area contributed by atoms with Crippen molar-refractivity contribution in [3.8, 4) is 11.8 Å². The maximum Gasteiger partial charge on any atom is 0.305 e. The molecule has 0 radical (unpaired) electrons. The first-order valence-corrected chi connectivity index (χ1v) is 28.0. The Balaban J connectivity index is 0.985. The van der Waals surface area contributed by atoms with E-state index < -0.39 is 108 Å². The van der Waals surface area contributed by atoms with Crippen LogP contribution in [-0.2, 0) is 65.7 Å². The Morgan fingerprint density at radius 2 is 1.35 bits per heavy atom. The minimum Gasteiger partial charge on any atom is -0.481 e. The van der Waals surface area contributed by atoms with E-state index in [0.717, 1.165) is 27.8 Å². The molecule has 6 rings (SSSR count). The van der Waals surface area contributed by atoms with Crippen LogP contribution in [0, 0.1) is 11.8 Å². The predicted molar refractivity (Wildman–Crippen MR) is 302 cm³/mol. The molecule has 0 aromatic heterocycles. The molecule has 2 fully saturated rings. The number of aliphatic imine (C=N–C) groups is 1. The maximum atomic E-state index is 14.1. The highest BCUT2D eigenvalue weighted by atomic mass is 32.2. The monoisotopic (exact) mass is 1150 g/mol. The van der Waals surface area contributed by atoms with Gasteiger partial charge < -0.3 is 64.4 Å². The Morgan fingerprint density at radius 1 is 0.720 bits per heavy atom. The molecule has 3 aliphatic rings. The summed E-state index contributed by atoms with van der Waals surface area (Å²) in [5.74, 6) is -1.79. The normalized spacial score (nSPS) is 19.7. The van der Waals surface area contributed by atoms with Gasteiger partial charge in [-0.25, -0.2) is 0 Å². The summed E-state index contributed by atoms with van der Waals surface area (Å²) >= 11 is 1.03. The van der Waals surface area contributed by atoms with Crippen LogP contribution in [0.3, 0.4) is 0 Å². The first-order chi connectivity index (χ1) is 39.4. The number of para-hydroxylation sites is 1. The van der Waals surface area contributed by atoms with Gasteiger partial charge in [-0.05, 0) is 67.9 Å². The molecule has 14 N–H and O–H groups in total. The molecule has 3 aromatic rings. The van der Waals surface area contributed by atoms with Crippen molar-refractivity contribution < 1.29 is 57.8 Å². The van der Waals surface area contributed by atoms with E-state index in [1.165, 1.54) is 0 Å². The largest absolute Gasteiger partial charge is 0.481 e. The van der Waals surface area contributed by atoms with E-state index in [1.807, 2.05) is 48.5 Å². The van der Waals surface area contributed by atoms with Gasteiger partial charge in [0.05, 0.1) is 36.5 Å². The number of anilines is 1. The van der Waals surface area contributed by atoms with Gasteiger partial charge in [-0.1, -0.05) is 72.5 Å². The van der Waals surface area contributed by atoms with E-state index in [2.05, 4.69) is 54.1 Å². The SMILES string of the molecule is NC(N)=NCCCC[C@@H]1NC(=O)[C@H](CCCCNC(=O)[C@@H](N)CSC2CC(=O)N(CCC(=O)NCCC(=O)N3Cc4ccccc4C#Cc4ccccc43)C2=O)NC(=O)[C@@H](Cc2ccccc2)NC(=O)[C@H](CC(=O)O)NC(=O)CNC1=O. The number of nitrogens with one attached hydrogen (secondary N) is 7. The molecule has 0 spiro atoms. The lowest BCUT2D eigenvalue weighted by atomic mass is 10.0. The second kappa shape index (κ2) is 31.2. The van der Waals surface area contributed by atoms with Crippen LogP contribution in [0.5, 0.6) is 0 Å². The van der Waals surface area contributed by atoms with Gasteiger partial charge in [-0.15, -0.1) is 11.8 Å². The zero-order chi connectivity index (χ0) is 59.1. The van der Waals surface area contributed by atoms with Crippen molar-refractivity contribution in [2.24, 2.45) is 22.2 Å². The second-order valence-corrected chi connectivity index (χ2v) is 20.9. The smallest absolute Gasteiger partial charge is 0.305 e. The lowest BCUT2D eigenvalue weighted by molar-refractivity contribution is -0.141. The van der Waals surface area contributed by atoms with Gasteiger partial charge in [0.1, 0.15) is 24.2 Å². The number of guanidine groups is 1. The summed E-state index contributed by atoms with van der Waals surface area (Å²) in [6, 6.07) is 16.8. The number of aliphatic carboxylic acids is 1. The molecule has 10 amide bonds. The molecule has 436 valence electrons. The van der Waals surface area contributed by atoms with E-state index in [-0.39, 0.29) is 95.2 Å². The van der Waals surface area contributed by atoms with Gasteiger partial charge in [0.2, 0.25) is 59.1 Å². The number of nitrogens with two attached hydrogens (primary N) is 3. The highest BCUT2D eigenvalue weighted by molar-refractivity contribution is 8.00. The average molecular weight is 1150 g/mol. The molecular weight excluding hydrogens is 1080 g/mol. The van der Waals surface area contributed by atoms with Gasteiger partial charge >= 0.3 is 5.97 Å². The molecule has 0 aliphatic carbocycles. The van der Waals surface area contributed by atoms with E-state index in [0.29, 0.717) is 36.2 Å². The Hall–Kier alpha value is -8.83. The molecule has 25 nitrogen and oxygen atoms in total. The van der Waals surface area contributed by atoms with Crippen molar-refractivity contribution in [3.05, 3.63) is 101 Å². The topological polar surface area (TPSA) is 389 Å².